The summed E-state index contributed by atoms with van der Waals surface area (Å²) < 4.78 is 0. The summed E-state index contributed by atoms with van der Waals surface area (Å²) >= 11 is 4.81. The minimum absolute atomic E-state index is 0. The van der Waals surface area contributed by atoms with Gasteiger partial charge in [0.25, 0.3) is 0 Å². The van der Waals surface area contributed by atoms with Gasteiger partial charge in [-0.05, 0) is 50.8 Å². The number of nitrogens with zero attached hydrogens (tertiary/aromatic N) is 5. The van der Waals surface area contributed by atoms with Crippen molar-refractivity contribution in [2.75, 3.05) is 0 Å². The zero-order valence-corrected chi connectivity index (χ0v) is 22.3. The maximum absolute atomic E-state index is 8.03. The molecule has 0 amide bonds. The van der Waals surface area contributed by atoms with E-state index >= 15 is 0 Å². The van der Waals surface area contributed by atoms with Gasteiger partial charge in [-0.25, -0.2) is 0 Å². The van der Waals surface area contributed by atoms with Gasteiger partial charge in [0.15, 0.2) is 0 Å². The second-order valence-electron chi connectivity index (χ2n) is 7.54. The Morgan fingerprint density at radius 1 is 0.676 bits per heavy atom. The van der Waals surface area contributed by atoms with Crippen LogP contribution in [-0.2, 0) is 34.8 Å². The molecule has 1 radical (unpaired) electrons. The first-order valence-corrected chi connectivity index (χ1v) is 10.2. The predicted molar refractivity (Wildman–Crippen MR) is 135 cm³/mol. The molecule has 0 atom stereocenters. The number of benzene rings is 1. The smallest absolute Gasteiger partial charge is 0.101 e. The molecule has 0 bridgehead atoms. The number of oxime groups is 4. The van der Waals surface area contributed by atoms with Gasteiger partial charge >= 0.3 is 0 Å². The van der Waals surface area contributed by atoms with Crippen LogP contribution >= 0.6 is 0 Å². The largest absolute Gasteiger partial charge is 0.780 e. The minimum atomic E-state index is 0. The van der Waals surface area contributed by atoms with Crippen LogP contribution in [0.5, 0.6) is 0 Å². The number of hydrogen-bond donors (Lipinski definition) is 4. The molecule has 0 saturated carbocycles. The fourth-order valence-electron chi connectivity index (χ4n) is 1.56. The normalized spacial score (nSPS) is 11.9. The zero-order chi connectivity index (χ0) is 25.9. The molecule has 0 unspecified atom stereocenters. The van der Waals surface area contributed by atoms with Gasteiger partial charge < -0.3 is 33.5 Å². The van der Waals surface area contributed by atoms with Gasteiger partial charge in [-0.15, -0.1) is 0 Å². The van der Waals surface area contributed by atoms with Crippen molar-refractivity contribution in [1.82, 2.24) is 4.98 Å². The van der Waals surface area contributed by atoms with E-state index in [4.69, 9.17) is 33.5 Å². The third-order valence-electron chi connectivity index (χ3n) is 3.94. The molecule has 0 saturated heterocycles. The van der Waals surface area contributed by atoms with E-state index in [-0.39, 0.29) is 22.2 Å². The van der Waals surface area contributed by atoms with Crippen molar-refractivity contribution in [3.63, 3.8) is 0 Å². The van der Waals surface area contributed by atoms with E-state index in [1.54, 1.807) is 0 Å². The molecule has 0 spiro atoms. The van der Waals surface area contributed by atoms with Crippen LogP contribution in [0.1, 0.15) is 54.0 Å². The van der Waals surface area contributed by atoms with Crippen LogP contribution in [-0.4, -0.2) is 48.7 Å². The zero-order valence-electron chi connectivity index (χ0n) is 20.5. The second kappa shape index (κ2) is 20.6. The first-order valence-electron chi connectivity index (χ1n) is 9.82. The Morgan fingerprint density at radius 2 is 1.00 bits per heavy atom. The van der Waals surface area contributed by atoms with Crippen molar-refractivity contribution in [3.8, 4) is 0 Å². The third kappa shape index (κ3) is 18.5. The molecule has 0 aliphatic heterocycles. The van der Waals surface area contributed by atoms with Crippen molar-refractivity contribution in [3.05, 3.63) is 60.4 Å². The first-order chi connectivity index (χ1) is 15.4. The van der Waals surface area contributed by atoms with Gasteiger partial charge in [-0.3, -0.25) is 4.98 Å². The van der Waals surface area contributed by atoms with Crippen LogP contribution in [0.2, 0.25) is 0 Å². The van der Waals surface area contributed by atoms with Gasteiger partial charge in [0.2, 0.25) is 0 Å². The fourth-order valence-corrected chi connectivity index (χ4v) is 1.72. The average molecular weight is 536 g/mol. The molecule has 0 aliphatic rings. The predicted octanol–water partition coefficient (Wildman–Crippen LogP) is 5.34. The summed E-state index contributed by atoms with van der Waals surface area (Å²) in [4.78, 5) is 4.86. The van der Waals surface area contributed by atoms with Crippen molar-refractivity contribution in [2.24, 2.45) is 20.6 Å². The molecule has 2 aromatic rings. The van der Waals surface area contributed by atoms with Crippen molar-refractivity contribution in [2.45, 2.75) is 58.8 Å². The molecule has 0 aliphatic carbocycles. The maximum Gasteiger partial charge on any atom is 0.101 e. The standard InChI is InChI=1S/C9H13N.C6H6S.2C4H8N2O2.Co/c1-9(2,3)8-4-6-10-7-5-8;7-6-4-2-1-3-5-6;2*1-3(5-7)4(2)6-8;/h4-7H,1-3H3;1-5,7H;2*7-8H,1-2H3;/p-1/b;;2*5-3+,6-4+;. The van der Waals surface area contributed by atoms with Gasteiger partial charge in [0, 0.05) is 29.2 Å². The Kier molecular flexibility index (Phi) is 21.5. The summed E-state index contributed by atoms with van der Waals surface area (Å²) in [5.74, 6) is 0. The van der Waals surface area contributed by atoms with Crippen LogP contribution in [0.15, 0.2) is 80.4 Å². The summed E-state index contributed by atoms with van der Waals surface area (Å²) in [7, 11) is 0. The van der Waals surface area contributed by atoms with Crippen LogP contribution in [0.25, 0.3) is 0 Å². The Labute approximate surface area is 217 Å². The van der Waals surface area contributed by atoms with E-state index in [9.17, 15) is 0 Å². The average Bonchev–Trinajstić information content (AvgIpc) is 2.83. The van der Waals surface area contributed by atoms with Crippen molar-refractivity contribution >= 4 is 35.5 Å². The number of pyridine rings is 1. The quantitative estimate of drug-likeness (QED) is 0.177. The molecule has 191 valence electrons. The summed E-state index contributed by atoms with van der Waals surface area (Å²) in [6.45, 7) is 12.7. The molecule has 2 rings (SSSR count). The van der Waals surface area contributed by atoms with Crippen LogP contribution in [0.3, 0.4) is 0 Å². The fraction of sp³-hybridized carbons (Fsp3) is 0.348. The molecular weight excluding hydrogens is 501 g/mol. The molecule has 9 nitrogen and oxygen atoms in total. The molecule has 1 aromatic carbocycles. The third-order valence-corrected chi connectivity index (χ3v) is 4.21. The van der Waals surface area contributed by atoms with E-state index < -0.39 is 0 Å². The molecular formula is C23H34CoN5O4S-. The molecule has 34 heavy (non-hydrogen) atoms. The summed E-state index contributed by atoms with van der Waals surface area (Å²) in [5.41, 5.74) is 2.84. The Hall–Kier alpha value is -3.02. The Balaban J connectivity index is -0.000000376. The summed E-state index contributed by atoms with van der Waals surface area (Å²) in [6, 6.07) is 13.7. The Morgan fingerprint density at radius 3 is 1.18 bits per heavy atom. The Bertz CT molecular complexity index is 837. The summed E-state index contributed by atoms with van der Waals surface area (Å²) in [5, 5.41) is 43.3. The minimum Gasteiger partial charge on any atom is -0.780 e. The molecule has 1 aromatic heterocycles. The van der Waals surface area contributed by atoms with E-state index in [1.807, 2.05) is 42.7 Å². The topological polar surface area (TPSA) is 143 Å². The second-order valence-corrected chi connectivity index (χ2v) is 8.01. The van der Waals surface area contributed by atoms with Gasteiger partial charge in [-0.2, -0.15) is 4.90 Å². The molecule has 11 heteroatoms. The first kappa shape index (κ1) is 35.6. The molecule has 0 fully saturated rings. The van der Waals surface area contributed by atoms with Gasteiger partial charge in [0.05, 0.1) is 0 Å². The van der Waals surface area contributed by atoms with E-state index in [0.717, 1.165) is 4.90 Å². The SMILES string of the molecule is CC(=N\O)/C(C)=N/O.CC(=N\O)/C(C)=N/O.CC(C)(C)c1ccncc1.[Co].[S-]c1ccccc1. The van der Waals surface area contributed by atoms with E-state index in [2.05, 4.69) is 58.5 Å². The van der Waals surface area contributed by atoms with E-state index in [0.29, 0.717) is 22.8 Å². The van der Waals surface area contributed by atoms with Crippen molar-refractivity contribution in [1.29, 1.82) is 0 Å². The summed E-state index contributed by atoms with van der Waals surface area (Å²) in [6.07, 6.45) is 3.67. The molecule has 4 N–H and O–H groups in total. The van der Waals surface area contributed by atoms with Crippen LogP contribution in [0.4, 0.5) is 0 Å². The maximum atomic E-state index is 8.03. The van der Waals surface area contributed by atoms with Gasteiger partial charge in [-0.1, -0.05) is 71.7 Å². The van der Waals surface area contributed by atoms with Crippen LogP contribution < -0.4 is 0 Å². The number of aromatic nitrogens is 1. The van der Waals surface area contributed by atoms with Crippen molar-refractivity contribution < 1.29 is 37.6 Å². The van der Waals surface area contributed by atoms with Gasteiger partial charge in [0.1, 0.15) is 22.8 Å². The van der Waals surface area contributed by atoms with E-state index in [1.165, 1.54) is 33.3 Å². The molecule has 1 heterocycles. The van der Waals surface area contributed by atoms with Crippen LogP contribution in [0, 0.1) is 0 Å². The monoisotopic (exact) mass is 535 g/mol. The number of rotatable bonds is 2. The number of hydrogen-bond acceptors (Lipinski definition) is 10.